The Balaban J connectivity index is 1.53. The van der Waals surface area contributed by atoms with Crippen molar-refractivity contribution in [1.29, 1.82) is 0 Å². The summed E-state index contributed by atoms with van der Waals surface area (Å²) >= 11 is 0. The van der Waals surface area contributed by atoms with Gasteiger partial charge in [0.15, 0.2) is 17.6 Å². The number of aliphatic hydroxyl groups excluding tert-OH is 1. The summed E-state index contributed by atoms with van der Waals surface area (Å²) in [6.07, 6.45) is 5.84. The van der Waals surface area contributed by atoms with Gasteiger partial charge in [0.1, 0.15) is 11.4 Å². The van der Waals surface area contributed by atoms with Gasteiger partial charge in [-0.25, -0.2) is 4.79 Å². The first-order valence-corrected chi connectivity index (χ1v) is 13.3. The van der Waals surface area contributed by atoms with Crippen molar-refractivity contribution in [2.45, 2.75) is 82.0 Å². The number of benzene rings is 1. The minimum absolute atomic E-state index is 0.00549. The van der Waals surface area contributed by atoms with Crippen LogP contribution in [0.15, 0.2) is 23.5 Å². The first kappa shape index (κ1) is 23.2. The van der Waals surface area contributed by atoms with E-state index in [2.05, 4.69) is 17.9 Å². The van der Waals surface area contributed by atoms with Crippen LogP contribution in [-0.2, 0) is 26.1 Å². The molecule has 0 aromatic heterocycles. The van der Waals surface area contributed by atoms with E-state index in [4.69, 9.17) is 18.9 Å². The summed E-state index contributed by atoms with van der Waals surface area (Å²) in [6, 6.07) is 4.30. The van der Waals surface area contributed by atoms with Gasteiger partial charge in [-0.1, -0.05) is 19.4 Å². The number of unbranched alkanes of at least 4 members (excludes halogenated alkanes) is 1. The molecule has 2 aliphatic heterocycles. The van der Waals surface area contributed by atoms with E-state index in [1.54, 1.807) is 14.0 Å². The molecule has 7 heteroatoms. The van der Waals surface area contributed by atoms with Gasteiger partial charge in [-0.15, -0.1) is 0 Å². The smallest absolute Gasteiger partial charge is 0.337 e. The maximum atomic E-state index is 13.0. The van der Waals surface area contributed by atoms with Crippen LogP contribution in [0.3, 0.4) is 0 Å². The predicted octanol–water partition coefficient (Wildman–Crippen LogP) is 4.07. The highest BCUT2D eigenvalue weighted by Crippen LogP contribution is 2.67. The van der Waals surface area contributed by atoms with Gasteiger partial charge >= 0.3 is 5.97 Å². The Bertz CT molecular complexity index is 1060. The molecule has 6 rings (SSSR count). The van der Waals surface area contributed by atoms with Crippen LogP contribution < -0.4 is 9.47 Å². The van der Waals surface area contributed by atoms with Crippen molar-refractivity contribution in [3.05, 3.63) is 34.6 Å². The van der Waals surface area contributed by atoms with Crippen LogP contribution >= 0.6 is 0 Å². The topological polar surface area (TPSA) is 77.5 Å². The molecule has 4 atom stereocenters. The third-order valence-corrected chi connectivity index (χ3v) is 9.11. The number of hydrogen-bond acceptors (Lipinski definition) is 7. The highest BCUT2D eigenvalue weighted by atomic mass is 16.6. The zero-order valence-corrected chi connectivity index (χ0v) is 21.1. The molecule has 1 spiro atoms. The first-order valence-electron chi connectivity index (χ1n) is 13.3. The molecule has 2 bridgehead atoms. The van der Waals surface area contributed by atoms with Crippen LogP contribution in [0.25, 0.3) is 0 Å². The van der Waals surface area contributed by atoms with Crippen LogP contribution in [-0.4, -0.2) is 67.1 Å². The van der Waals surface area contributed by atoms with Crippen molar-refractivity contribution in [2.75, 3.05) is 33.4 Å². The fourth-order valence-corrected chi connectivity index (χ4v) is 7.35. The monoisotopic (exact) mass is 483 g/mol. The van der Waals surface area contributed by atoms with E-state index >= 15 is 0 Å². The van der Waals surface area contributed by atoms with Gasteiger partial charge in [-0.2, -0.15) is 0 Å². The Kier molecular flexibility index (Phi) is 5.57. The number of carbonyl (C=O) groups excluding carboxylic acids is 1. The average molecular weight is 484 g/mol. The van der Waals surface area contributed by atoms with Gasteiger partial charge in [0.05, 0.1) is 24.2 Å². The van der Waals surface area contributed by atoms with Crippen LogP contribution in [0.4, 0.5) is 0 Å². The molecule has 5 aliphatic rings. The molecule has 1 aromatic carbocycles. The molecule has 190 valence electrons. The molecule has 2 fully saturated rings. The number of nitrogens with zero attached hydrogens (tertiary/aromatic N) is 1. The SMILES string of the molecule is CCCCOc1ccc2c3c1O[C@H]1C(O)=C(C(=O)OCC)C[C@@]4(OC)[C@@H](C2)N(CC2CC2)CC[C@]314. The minimum Gasteiger partial charge on any atom is -0.508 e. The van der Waals surface area contributed by atoms with Gasteiger partial charge in [0.2, 0.25) is 0 Å². The number of ether oxygens (including phenoxy) is 4. The Morgan fingerprint density at radius 2 is 2.11 bits per heavy atom. The maximum Gasteiger partial charge on any atom is 0.337 e. The highest BCUT2D eigenvalue weighted by Gasteiger charge is 2.74. The quantitative estimate of drug-likeness (QED) is 0.419. The second kappa shape index (κ2) is 8.41. The van der Waals surface area contributed by atoms with Crippen molar-refractivity contribution in [2.24, 2.45) is 5.92 Å². The zero-order valence-electron chi connectivity index (χ0n) is 21.1. The molecule has 2 heterocycles. The van der Waals surface area contributed by atoms with E-state index in [0.29, 0.717) is 13.0 Å². The van der Waals surface area contributed by atoms with Crippen molar-refractivity contribution in [3.8, 4) is 11.5 Å². The number of likely N-dealkylation sites (tertiary alicyclic amines) is 1. The lowest BCUT2D eigenvalue weighted by molar-refractivity contribution is -0.191. The fraction of sp³-hybridized carbons (Fsp3) is 0.679. The first-order chi connectivity index (χ1) is 17.0. The van der Waals surface area contributed by atoms with Gasteiger partial charge in [0.25, 0.3) is 0 Å². The van der Waals surface area contributed by atoms with Gasteiger partial charge in [-0.3, -0.25) is 4.90 Å². The van der Waals surface area contributed by atoms with E-state index in [9.17, 15) is 9.90 Å². The maximum absolute atomic E-state index is 13.0. The Morgan fingerprint density at radius 3 is 2.83 bits per heavy atom. The van der Waals surface area contributed by atoms with E-state index < -0.39 is 23.1 Å². The third-order valence-electron chi connectivity index (χ3n) is 9.11. The van der Waals surface area contributed by atoms with Crippen LogP contribution in [0.1, 0.15) is 63.5 Å². The summed E-state index contributed by atoms with van der Waals surface area (Å²) in [5.74, 6) is 1.70. The van der Waals surface area contributed by atoms with E-state index in [0.717, 1.165) is 61.8 Å². The molecular formula is C28H37NO6. The molecular weight excluding hydrogens is 446 g/mol. The lowest BCUT2D eigenvalue weighted by atomic mass is 9.49. The number of carbonyl (C=O) groups is 1. The number of aliphatic hydroxyl groups is 1. The number of esters is 1. The summed E-state index contributed by atoms with van der Waals surface area (Å²) < 4.78 is 24.7. The molecule has 0 amide bonds. The number of piperidine rings is 1. The second-order valence-corrected chi connectivity index (χ2v) is 10.9. The summed E-state index contributed by atoms with van der Waals surface area (Å²) in [6.45, 7) is 6.78. The van der Waals surface area contributed by atoms with E-state index in [1.807, 2.05) is 6.07 Å². The molecule has 3 aliphatic carbocycles. The van der Waals surface area contributed by atoms with E-state index in [1.165, 1.54) is 18.4 Å². The molecule has 35 heavy (non-hydrogen) atoms. The number of methoxy groups -OCH3 is 1. The molecule has 1 saturated heterocycles. The van der Waals surface area contributed by atoms with Crippen LogP contribution in [0.2, 0.25) is 0 Å². The fourth-order valence-electron chi connectivity index (χ4n) is 7.35. The Hall–Kier alpha value is -2.25. The molecule has 1 aromatic rings. The summed E-state index contributed by atoms with van der Waals surface area (Å²) in [5, 5.41) is 11.5. The summed E-state index contributed by atoms with van der Waals surface area (Å²) in [5.41, 5.74) is 1.39. The van der Waals surface area contributed by atoms with Crippen molar-refractivity contribution < 1.29 is 28.8 Å². The predicted molar refractivity (Wildman–Crippen MR) is 130 cm³/mol. The molecule has 0 unspecified atom stereocenters. The normalized spacial score (nSPS) is 32.8. The number of rotatable bonds is 9. The lowest BCUT2D eigenvalue weighted by Crippen LogP contribution is -2.76. The third kappa shape index (κ3) is 3.13. The summed E-state index contributed by atoms with van der Waals surface area (Å²) in [7, 11) is 1.77. The van der Waals surface area contributed by atoms with Crippen molar-refractivity contribution in [3.63, 3.8) is 0 Å². The Labute approximate surface area is 207 Å². The zero-order chi connectivity index (χ0) is 24.4. The van der Waals surface area contributed by atoms with Crippen molar-refractivity contribution in [1.82, 2.24) is 4.90 Å². The average Bonchev–Trinajstić information content (AvgIpc) is 3.60. The molecule has 1 saturated carbocycles. The van der Waals surface area contributed by atoms with Gasteiger partial charge in [0, 0.05) is 31.7 Å². The number of hydrogen-bond donors (Lipinski definition) is 1. The highest BCUT2D eigenvalue weighted by molar-refractivity contribution is 5.90. The minimum atomic E-state index is -0.695. The van der Waals surface area contributed by atoms with Crippen LogP contribution in [0, 0.1) is 5.92 Å². The van der Waals surface area contributed by atoms with E-state index in [-0.39, 0.29) is 24.0 Å². The molecule has 0 radical (unpaired) electrons. The van der Waals surface area contributed by atoms with Crippen LogP contribution in [0.5, 0.6) is 11.5 Å². The summed E-state index contributed by atoms with van der Waals surface area (Å²) in [4.78, 5) is 15.6. The van der Waals surface area contributed by atoms with Gasteiger partial charge < -0.3 is 24.1 Å². The molecule has 1 N–H and O–H groups in total. The standard InChI is InChI=1S/C28H37NO6/c1-4-6-13-34-20-10-9-18-14-21-28(32-3)15-19(26(31)33-5-2)23(30)25-27(28,22(18)24(20)35-25)11-12-29(21)16-17-7-8-17/h9-10,17,21,25,30H,4-8,11-16H2,1-3H3/t21-,25+,27+,28-/m1/s1. The van der Waals surface area contributed by atoms with Crippen molar-refractivity contribution >= 4 is 5.97 Å². The largest absolute Gasteiger partial charge is 0.508 e. The lowest BCUT2D eigenvalue weighted by Gasteiger charge is -2.64. The molecule has 7 nitrogen and oxygen atoms in total. The second-order valence-electron chi connectivity index (χ2n) is 10.9. The Morgan fingerprint density at radius 1 is 1.29 bits per heavy atom. The van der Waals surface area contributed by atoms with Gasteiger partial charge in [-0.05, 0) is 63.1 Å².